The number of rotatable bonds is 2. The first-order valence-corrected chi connectivity index (χ1v) is 4.01. The molecule has 0 aliphatic rings. The van der Waals surface area contributed by atoms with Gasteiger partial charge in [-0.2, -0.15) is 0 Å². The van der Waals surface area contributed by atoms with Crippen LogP contribution in [0.15, 0.2) is 18.4 Å². The maximum absolute atomic E-state index is 5.76. The molecule has 0 fully saturated rings. The molecule has 0 N–H and O–H groups in total. The molecule has 2 nitrogen and oxygen atoms in total. The van der Waals surface area contributed by atoms with Crippen molar-refractivity contribution in [1.29, 1.82) is 0 Å². The quantitative estimate of drug-likeness (QED) is 0.545. The Kier molecular flexibility index (Phi) is 3.38. The smallest absolute Gasteiger partial charge is 0.138 e. The number of hydrogen-bond donors (Lipinski definition) is 0. The third kappa shape index (κ3) is 2.40. The summed E-state index contributed by atoms with van der Waals surface area (Å²) in [5, 5.41) is 0.755. The summed E-state index contributed by atoms with van der Waals surface area (Å²) >= 11 is 11.4. The van der Waals surface area contributed by atoms with Crippen LogP contribution in [-0.2, 0) is 4.74 Å². The first-order chi connectivity index (χ1) is 5.74. The average Bonchev–Trinajstić information content (AvgIpc) is 2.03. The molecular weight excluding hydrogens is 197 g/mol. The van der Waals surface area contributed by atoms with E-state index in [1.165, 1.54) is 6.26 Å². The second kappa shape index (κ2) is 4.33. The predicted octanol–water partition coefficient (Wildman–Crippen LogP) is 3.01. The molecular formula is C8H7Cl2NO. The standard InChI is InChI=1S/C8H7Cl2NO/c1-12-5-4-6-2-3-7(9)11-8(6)10/h2-5H,1H3/b5-4+. The number of ether oxygens (including phenoxy) is 1. The second-order valence-electron chi connectivity index (χ2n) is 2.05. The van der Waals surface area contributed by atoms with Crippen LogP contribution in [0.2, 0.25) is 10.3 Å². The van der Waals surface area contributed by atoms with E-state index in [4.69, 9.17) is 27.9 Å². The Balaban J connectivity index is 2.94. The molecule has 1 aromatic heterocycles. The number of aromatic nitrogens is 1. The summed E-state index contributed by atoms with van der Waals surface area (Å²) in [7, 11) is 1.56. The van der Waals surface area contributed by atoms with E-state index in [0.717, 1.165) is 5.56 Å². The van der Waals surface area contributed by atoms with Gasteiger partial charge in [0.05, 0.1) is 13.4 Å². The van der Waals surface area contributed by atoms with Gasteiger partial charge in [-0.05, 0) is 18.2 Å². The Morgan fingerprint density at radius 1 is 1.42 bits per heavy atom. The Hall–Kier alpha value is -0.730. The molecule has 0 unspecified atom stereocenters. The lowest BCUT2D eigenvalue weighted by molar-refractivity contribution is 0.341. The van der Waals surface area contributed by atoms with Crippen molar-refractivity contribution in [1.82, 2.24) is 4.98 Å². The van der Waals surface area contributed by atoms with Crippen LogP contribution in [0.3, 0.4) is 0 Å². The van der Waals surface area contributed by atoms with E-state index in [1.54, 1.807) is 25.3 Å². The molecule has 0 spiro atoms. The van der Waals surface area contributed by atoms with Gasteiger partial charge in [0.2, 0.25) is 0 Å². The van der Waals surface area contributed by atoms with E-state index >= 15 is 0 Å². The van der Waals surface area contributed by atoms with Gasteiger partial charge >= 0.3 is 0 Å². The number of pyridine rings is 1. The molecule has 0 bridgehead atoms. The first-order valence-electron chi connectivity index (χ1n) is 3.25. The van der Waals surface area contributed by atoms with E-state index in [9.17, 15) is 0 Å². The number of halogens is 2. The van der Waals surface area contributed by atoms with Crippen molar-refractivity contribution < 1.29 is 4.74 Å². The minimum Gasteiger partial charge on any atom is -0.504 e. The van der Waals surface area contributed by atoms with Crippen LogP contribution in [0, 0.1) is 0 Å². The molecule has 0 saturated heterocycles. The predicted molar refractivity (Wildman–Crippen MR) is 50.3 cm³/mol. The molecule has 0 amide bonds. The third-order valence-electron chi connectivity index (χ3n) is 1.23. The molecule has 12 heavy (non-hydrogen) atoms. The Morgan fingerprint density at radius 3 is 2.75 bits per heavy atom. The van der Waals surface area contributed by atoms with Gasteiger partial charge in [-0.25, -0.2) is 4.98 Å². The Bertz CT molecular complexity index is 299. The molecule has 1 heterocycles. The highest BCUT2D eigenvalue weighted by Gasteiger charge is 1.97. The Labute approximate surface area is 80.8 Å². The molecule has 1 rings (SSSR count). The van der Waals surface area contributed by atoms with Gasteiger partial charge in [-0.3, -0.25) is 0 Å². The summed E-state index contributed by atoms with van der Waals surface area (Å²) < 4.78 is 4.73. The van der Waals surface area contributed by atoms with Gasteiger partial charge in [0.25, 0.3) is 0 Å². The summed E-state index contributed by atoms with van der Waals surface area (Å²) in [4.78, 5) is 3.85. The molecule has 64 valence electrons. The number of nitrogens with zero attached hydrogens (tertiary/aromatic N) is 1. The van der Waals surface area contributed by atoms with Gasteiger partial charge in [0.1, 0.15) is 10.3 Å². The SMILES string of the molecule is CO/C=C/c1ccc(Cl)nc1Cl. The van der Waals surface area contributed by atoms with E-state index in [1.807, 2.05) is 0 Å². The lowest BCUT2D eigenvalue weighted by Crippen LogP contribution is -1.81. The van der Waals surface area contributed by atoms with E-state index in [-0.39, 0.29) is 0 Å². The zero-order valence-electron chi connectivity index (χ0n) is 6.42. The molecule has 0 saturated carbocycles. The highest BCUT2D eigenvalue weighted by Crippen LogP contribution is 2.17. The summed E-state index contributed by atoms with van der Waals surface area (Å²) in [6.45, 7) is 0. The molecule has 4 heteroatoms. The van der Waals surface area contributed by atoms with Gasteiger partial charge in [-0.15, -0.1) is 0 Å². The molecule has 0 atom stereocenters. The van der Waals surface area contributed by atoms with Crippen molar-refractivity contribution in [2.45, 2.75) is 0 Å². The van der Waals surface area contributed by atoms with Gasteiger partial charge in [-0.1, -0.05) is 23.2 Å². The highest BCUT2D eigenvalue weighted by molar-refractivity contribution is 6.33. The van der Waals surface area contributed by atoms with Crippen LogP contribution < -0.4 is 0 Å². The van der Waals surface area contributed by atoms with Crippen molar-refractivity contribution in [3.05, 3.63) is 34.3 Å². The second-order valence-corrected chi connectivity index (χ2v) is 2.80. The van der Waals surface area contributed by atoms with Gasteiger partial charge in [0.15, 0.2) is 0 Å². The minimum absolute atomic E-state index is 0.371. The maximum Gasteiger partial charge on any atom is 0.138 e. The molecule has 0 radical (unpaired) electrons. The molecule has 1 aromatic rings. The summed E-state index contributed by atoms with van der Waals surface area (Å²) in [5.74, 6) is 0. The number of methoxy groups -OCH3 is 1. The highest BCUT2D eigenvalue weighted by atomic mass is 35.5. The average molecular weight is 204 g/mol. The van der Waals surface area contributed by atoms with Crippen LogP contribution in [-0.4, -0.2) is 12.1 Å². The molecule has 0 aromatic carbocycles. The largest absolute Gasteiger partial charge is 0.504 e. The summed E-state index contributed by atoms with van der Waals surface area (Å²) in [6.07, 6.45) is 3.24. The van der Waals surface area contributed by atoms with Crippen molar-refractivity contribution in [3.8, 4) is 0 Å². The topological polar surface area (TPSA) is 22.1 Å². The van der Waals surface area contributed by atoms with Crippen LogP contribution >= 0.6 is 23.2 Å². The molecule has 0 aliphatic heterocycles. The number of hydrogen-bond acceptors (Lipinski definition) is 2. The zero-order valence-corrected chi connectivity index (χ0v) is 7.93. The lowest BCUT2D eigenvalue weighted by Gasteiger charge is -1.96. The summed E-state index contributed by atoms with van der Waals surface area (Å²) in [5.41, 5.74) is 0.780. The van der Waals surface area contributed by atoms with E-state index in [2.05, 4.69) is 4.98 Å². The maximum atomic E-state index is 5.76. The molecule has 0 aliphatic carbocycles. The zero-order chi connectivity index (χ0) is 8.97. The van der Waals surface area contributed by atoms with E-state index in [0.29, 0.717) is 10.3 Å². The third-order valence-corrected chi connectivity index (χ3v) is 1.74. The van der Waals surface area contributed by atoms with Crippen molar-refractivity contribution in [3.63, 3.8) is 0 Å². The fourth-order valence-electron chi connectivity index (χ4n) is 0.689. The normalized spacial score (nSPS) is 10.6. The summed E-state index contributed by atoms with van der Waals surface area (Å²) in [6, 6.07) is 3.44. The van der Waals surface area contributed by atoms with E-state index < -0.39 is 0 Å². The van der Waals surface area contributed by atoms with Crippen molar-refractivity contribution in [2.75, 3.05) is 7.11 Å². The first kappa shape index (κ1) is 9.36. The van der Waals surface area contributed by atoms with Crippen LogP contribution in [0.1, 0.15) is 5.56 Å². The Morgan fingerprint density at radius 2 is 2.17 bits per heavy atom. The fourth-order valence-corrected chi connectivity index (χ4v) is 1.10. The van der Waals surface area contributed by atoms with Crippen molar-refractivity contribution >= 4 is 29.3 Å². The van der Waals surface area contributed by atoms with Crippen molar-refractivity contribution in [2.24, 2.45) is 0 Å². The fraction of sp³-hybridized carbons (Fsp3) is 0.125. The minimum atomic E-state index is 0.371. The van der Waals surface area contributed by atoms with Gasteiger partial charge < -0.3 is 4.74 Å². The van der Waals surface area contributed by atoms with Crippen LogP contribution in [0.25, 0.3) is 6.08 Å². The van der Waals surface area contributed by atoms with Crippen LogP contribution in [0.5, 0.6) is 0 Å². The van der Waals surface area contributed by atoms with Gasteiger partial charge in [0, 0.05) is 5.56 Å². The monoisotopic (exact) mass is 203 g/mol. The lowest BCUT2D eigenvalue weighted by atomic mass is 10.3. The van der Waals surface area contributed by atoms with Crippen LogP contribution in [0.4, 0.5) is 0 Å².